The topological polar surface area (TPSA) is 0 Å². The molecule has 0 saturated heterocycles. The van der Waals surface area contributed by atoms with Gasteiger partial charge in [-0.3, -0.25) is 0 Å². The second-order valence-electron chi connectivity index (χ2n) is 9.40. The van der Waals surface area contributed by atoms with Crippen LogP contribution >= 0.6 is 0 Å². The largest absolute Gasteiger partial charge is 0.182 e. The van der Waals surface area contributed by atoms with Gasteiger partial charge in [-0.25, -0.2) is 0 Å². The van der Waals surface area contributed by atoms with E-state index in [1.165, 1.54) is 59.0 Å². The van der Waals surface area contributed by atoms with E-state index in [2.05, 4.69) is 134 Å². The van der Waals surface area contributed by atoms with Crippen LogP contribution in [-0.4, -0.2) is 8.07 Å². The van der Waals surface area contributed by atoms with E-state index in [1.54, 1.807) is 0 Å². The predicted molar refractivity (Wildman–Crippen MR) is 149 cm³/mol. The van der Waals surface area contributed by atoms with Crippen molar-refractivity contribution < 1.29 is 0 Å². The van der Waals surface area contributed by atoms with Gasteiger partial charge in [-0.05, 0) is 60.3 Å². The van der Waals surface area contributed by atoms with E-state index in [0.29, 0.717) is 0 Å². The summed E-state index contributed by atoms with van der Waals surface area (Å²) in [5.74, 6) is 0. The summed E-state index contributed by atoms with van der Waals surface area (Å²) in [4.78, 5) is 0. The van der Waals surface area contributed by atoms with Gasteiger partial charge in [0.1, 0.15) is 0 Å². The Morgan fingerprint density at radius 3 is 1.44 bits per heavy atom. The highest BCUT2D eigenvalue weighted by Gasteiger charge is 2.50. The van der Waals surface area contributed by atoms with Crippen molar-refractivity contribution in [2.24, 2.45) is 0 Å². The van der Waals surface area contributed by atoms with Crippen LogP contribution in [0.5, 0.6) is 0 Å². The van der Waals surface area contributed by atoms with E-state index in [-0.39, 0.29) is 0 Å². The molecule has 1 heteroatoms. The molecule has 0 aliphatic carbocycles. The van der Waals surface area contributed by atoms with Crippen molar-refractivity contribution in [1.82, 2.24) is 0 Å². The molecule has 0 N–H and O–H groups in total. The molecule has 1 aliphatic heterocycles. The fourth-order valence-corrected chi connectivity index (χ4v) is 11.8. The first-order valence-electron chi connectivity index (χ1n) is 12.0. The smallest absolute Gasteiger partial charge is 0.0623 e. The van der Waals surface area contributed by atoms with Crippen molar-refractivity contribution in [1.29, 1.82) is 0 Å². The van der Waals surface area contributed by atoms with Crippen LogP contribution in [0.2, 0.25) is 0 Å². The van der Waals surface area contributed by atoms with Gasteiger partial charge >= 0.3 is 0 Å². The van der Waals surface area contributed by atoms with Crippen LogP contribution in [0, 0.1) is 6.92 Å². The zero-order chi connectivity index (χ0) is 22.7. The van der Waals surface area contributed by atoms with Gasteiger partial charge in [-0.15, -0.1) is 0 Å². The molecule has 0 bridgehead atoms. The van der Waals surface area contributed by atoms with Gasteiger partial charge < -0.3 is 0 Å². The van der Waals surface area contributed by atoms with Gasteiger partial charge in [0.15, 0.2) is 8.07 Å². The van der Waals surface area contributed by atoms with Crippen LogP contribution in [0.1, 0.15) is 5.56 Å². The van der Waals surface area contributed by atoms with Crippen molar-refractivity contribution in [3.63, 3.8) is 0 Å². The maximum Gasteiger partial charge on any atom is 0.182 e. The molecule has 6 aromatic carbocycles. The summed E-state index contributed by atoms with van der Waals surface area (Å²) in [5, 5.41) is 11.4. The average molecular weight is 449 g/mol. The number of fused-ring (bicyclic) bond motifs is 7. The van der Waals surface area contributed by atoms with Crippen LogP contribution in [-0.2, 0) is 0 Å². The van der Waals surface area contributed by atoms with Crippen LogP contribution in [0.3, 0.4) is 0 Å². The first-order chi connectivity index (χ1) is 16.8. The minimum atomic E-state index is -2.58. The molecule has 0 nitrogen and oxygen atoms in total. The van der Waals surface area contributed by atoms with Crippen LogP contribution in [0.15, 0.2) is 127 Å². The molecule has 0 amide bonds. The van der Waals surface area contributed by atoms with E-state index in [4.69, 9.17) is 0 Å². The third kappa shape index (κ3) is 2.53. The third-order valence-electron chi connectivity index (χ3n) is 7.59. The third-order valence-corrected chi connectivity index (χ3v) is 12.6. The van der Waals surface area contributed by atoms with E-state index in [1.807, 2.05) is 0 Å². The lowest BCUT2D eigenvalue weighted by atomic mass is 9.99. The number of aryl methyl sites for hydroxylation is 1. The first-order valence-corrected chi connectivity index (χ1v) is 14.0. The molecule has 6 aromatic rings. The molecule has 0 radical (unpaired) electrons. The van der Waals surface area contributed by atoms with Gasteiger partial charge in [0.2, 0.25) is 0 Å². The number of benzene rings is 6. The Kier molecular flexibility index (Phi) is 4.18. The molecule has 0 spiro atoms. The highest BCUT2D eigenvalue weighted by Crippen LogP contribution is 2.35. The predicted octanol–water partition coefficient (Wildman–Crippen LogP) is 5.66. The quantitative estimate of drug-likeness (QED) is 0.299. The molecule has 0 unspecified atom stereocenters. The summed E-state index contributed by atoms with van der Waals surface area (Å²) >= 11 is 0. The Morgan fingerprint density at radius 1 is 0.412 bits per heavy atom. The molecule has 1 heterocycles. The molecular weight excluding hydrogens is 424 g/mol. The zero-order valence-electron chi connectivity index (χ0n) is 19.1. The van der Waals surface area contributed by atoms with Gasteiger partial charge in [0.05, 0.1) is 0 Å². The second kappa shape index (κ2) is 7.28. The molecule has 0 saturated carbocycles. The lowest BCUT2D eigenvalue weighted by Gasteiger charge is -2.33. The van der Waals surface area contributed by atoms with Gasteiger partial charge in [-0.1, -0.05) is 133 Å². The maximum absolute atomic E-state index is 2.58. The Labute approximate surface area is 201 Å². The molecule has 1 aliphatic rings. The van der Waals surface area contributed by atoms with Crippen molar-refractivity contribution >= 4 is 50.4 Å². The number of hydrogen-bond acceptors (Lipinski definition) is 0. The van der Waals surface area contributed by atoms with Crippen LogP contribution < -0.4 is 20.7 Å². The lowest BCUT2D eigenvalue weighted by molar-refractivity contribution is 1.49. The fraction of sp³-hybridized carbons (Fsp3) is 0.0303. The van der Waals surface area contributed by atoms with Gasteiger partial charge in [-0.2, -0.15) is 0 Å². The second-order valence-corrected chi connectivity index (χ2v) is 13.1. The number of hydrogen-bond donors (Lipinski definition) is 0. The summed E-state index contributed by atoms with van der Waals surface area (Å²) in [6.07, 6.45) is 0. The highest BCUT2D eigenvalue weighted by molar-refractivity contribution is 7.24. The summed E-state index contributed by atoms with van der Waals surface area (Å²) in [7, 11) is -2.58. The summed E-state index contributed by atoms with van der Waals surface area (Å²) < 4.78 is 0. The summed E-state index contributed by atoms with van der Waals surface area (Å²) in [6.45, 7) is 2.18. The molecule has 0 fully saturated rings. The Hall–Kier alpha value is -3.94. The van der Waals surface area contributed by atoms with Gasteiger partial charge in [0.25, 0.3) is 0 Å². The average Bonchev–Trinajstić information content (AvgIpc) is 3.22. The SMILES string of the molecule is Cc1ccc([Si]2(c3ccccc3)c3c(ccc4ccccc34)-c3ccc4ccccc4c32)cc1. The molecule has 0 atom stereocenters. The van der Waals surface area contributed by atoms with E-state index in [9.17, 15) is 0 Å². The Balaban J connectivity index is 1.78. The van der Waals surface area contributed by atoms with Crippen molar-refractivity contribution in [3.8, 4) is 11.1 Å². The molecule has 7 rings (SSSR count). The number of rotatable bonds is 2. The van der Waals surface area contributed by atoms with Crippen LogP contribution in [0.25, 0.3) is 32.7 Å². The lowest BCUT2D eigenvalue weighted by Crippen LogP contribution is -2.73. The van der Waals surface area contributed by atoms with E-state index >= 15 is 0 Å². The fourth-order valence-electron chi connectivity index (χ4n) is 6.16. The molecule has 34 heavy (non-hydrogen) atoms. The summed E-state index contributed by atoms with van der Waals surface area (Å²) in [6, 6.07) is 47.9. The first kappa shape index (κ1) is 19.5. The summed E-state index contributed by atoms with van der Waals surface area (Å²) in [5.41, 5.74) is 4.10. The molecule has 160 valence electrons. The van der Waals surface area contributed by atoms with Crippen LogP contribution in [0.4, 0.5) is 0 Å². The van der Waals surface area contributed by atoms with E-state index in [0.717, 1.165) is 0 Å². The Bertz CT molecular complexity index is 1610. The molecular formula is C33H24Si. The van der Waals surface area contributed by atoms with Crippen molar-refractivity contribution in [2.75, 3.05) is 0 Å². The van der Waals surface area contributed by atoms with Gasteiger partial charge in [0, 0.05) is 0 Å². The molecule has 0 aromatic heterocycles. The standard InChI is InChI=1S/C33H24Si/c1-23-15-19-27(20-16-23)34(26-11-3-2-4-12-26)32-28-13-7-5-9-24(28)17-21-30(32)31-22-18-25-10-6-8-14-29(25)33(31)34/h2-22H,1H3. The highest BCUT2D eigenvalue weighted by atomic mass is 28.3. The zero-order valence-corrected chi connectivity index (χ0v) is 20.1. The van der Waals surface area contributed by atoms with Crippen molar-refractivity contribution in [2.45, 2.75) is 6.92 Å². The Morgan fingerprint density at radius 2 is 0.882 bits per heavy atom. The monoisotopic (exact) mass is 448 g/mol. The normalized spacial score (nSPS) is 13.7. The van der Waals surface area contributed by atoms with E-state index < -0.39 is 8.07 Å². The minimum absolute atomic E-state index is 1.30. The van der Waals surface area contributed by atoms with Crippen molar-refractivity contribution in [3.05, 3.63) is 133 Å². The maximum atomic E-state index is 2.40. The minimum Gasteiger partial charge on any atom is -0.0623 e.